The molecule has 122 valence electrons. The summed E-state index contributed by atoms with van der Waals surface area (Å²) < 4.78 is 2.07. The molecule has 3 heteroatoms. The molecule has 0 N–H and O–H groups in total. The fourth-order valence-electron chi connectivity index (χ4n) is 3.65. The summed E-state index contributed by atoms with van der Waals surface area (Å²) in [5, 5.41) is 0. The molecule has 0 atom stereocenters. The second kappa shape index (κ2) is 7.03. The number of aromatic nitrogens is 1. The molecule has 1 aliphatic carbocycles. The van der Waals surface area contributed by atoms with E-state index < -0.39 is 0 Å². The summed E-state index contributed by atoms with van der Waals surface area (Å²) in [4.78, 5) is 14.9. The predicted molar refractivity (Wildman–Crippen MR) is 93.7 cm³/mol. The summed E-state index contributed by atoms with van der Waals surface area (Å²) in [6.07, 6.45) is 9.40. The van der Waals surface area contributed by atoms with Crippen LogP contribution in [0.3, 0.4) is 0 Å². The van der Waals surface area contributed by atoms with Gasteiger partial charge in [0.25, 0.3) is 0 Å². The summed E-state index contributed by atoms with van der Waals surface area (Å²) >= 11 is 0. The fourth-order valence-corrected chi connectivity index (χ4v) is 3.65. The standard InChI is InChI=1S/C20H26N2O/c1-16(2)22(19-7-3-4-8-19)20(23)15-17-9-11-18(12-10-17)21-13-5-6-14-21/h5-6,9-14,16,19H,3-4,7-8,15H2,1-2H3. The van der Waals surface area contributed by atoms with E-state index in [0.717, 1.165) is 24.1 Å². The highest BCUT2D eigenvalue weighted by atomic mass is 16.2. The highest BCUT2D eigenvalue weighted by Crippen LogP contribution is 2.26. The lowest BCUT2D eigenvalue weighted by Crippen LogP contribution is -2.44. The molecular weight excluding hydrogens is 284 g/mol. The van der Waals surface area contributed by atoms with E-state index in [1.165, 1.54) is 12.8 Å². The summed E-state index contributed by atoms with van der Waals surface area (Å²) in [5.74, 6) is 0.264. The maximum atomic E-state index is 12.8. The smallest absolute Gasteiger partial charge is 0.227 e. The van der Waals surface area contributed by atoms with E-state index in [1.807, 2.05) is 24.5 Å². The van der Waals surface area contributed by atoms with Crippen LogP contribution in [0.5, 0.6) is 0 Å². The van der Waals surface area contributed by atoms with Crippen LogP contribution < -0.4 is 0 Å². The minimum Gasteiger partial charge on any atom is -0.337 e. The van der Waals surface area contributed by atoms with Gasteiger partial charge in [-0.3, -0.25) is 4.79 Å². The molecule has 0 unspecified atom stereocenters. The van der Waals surface area contributed by atoms with Crippen molar-refractivity contribution in [1.82, 2.24) is 9.47 Å². The lowest BCUT2D eigenvalue weighted by molar-refractivity contribution is -0.134. The Bertz CT molecular complexity index is 622. The monoisotopic (exact) mass is 310 g/mol. The van der Waals surface area contributed by atoms with Crippen molar-refractivity contribution in [1.29, 1.82) is 0 Å². The molecule has 1 aliphatic rings. The van der Waals surface area contributed by atoms with Gasteiger partial charge in [-0.2, -0.15) is 0 Å². The van der Waals surface area contributed by atoms with Crippen molar-refractivity contribution in [2.45, 2.75) is 58.0 Å². The Morgan fingerprint density at radius 3 is 2.30 bits per heavy atom. The summed E-state index contributed by atoms with van der Waals surface area (Å²) in [6, 6.07) is 13.1. The van der Waals surface area contributed by atoms with Crippen LogP contribution in [0.4, 0.5) is 0 Å². The van der Waals surface area contributed by atoms with Gasteiger partial charge < -0.3 is 9.47 Å². The van der Waals surface area contributed by atoms with Crippen molar-refractivity contribution in [3.63, 3.8) is 0 Å². The Morgan fingerprint density at radius 1 is 1.13 bits per heavy atom. The van der Waals surface area contributed by atoms with Crippen LogP contribution in [0.1, 0.15) is 45.1 Å². The van der Waals surface area contributed by atoms with Crippen molar-refractivity contribution in [2.75, 3.05) is 0 Å². The SMILES string of the molecule is CC(C)N(C(=O)Cc1ccc(-n2cccc2)cc1)C1CCCC1. The minimum atomic E-state index is 0.264. The van der Waals surface area contributed by atoms with Gasteiger partial charge in [0, 0.05) is 30.2 Å². The third kappa shape index (κ3) is 3.66. The second-order valence-electron chi connectivity index (χ2n) is 6.77. The van der Waals surface area contributed by atoms with E-state index in [4.69, 9.17) is 0 Å². The zero-order chi connectivity index (χ0) is 16.2. The van der Waals surface area contributed by atoms with Crippen LogP contribution in [-0.2, 0) is 11.2 Å². The van der Waals surface area contributed by atoms with Crippen molar-refractivity contribution in [3.05, 3.63) is 54.4 Å². The number of hydrogen-bond acceptors (Lipinski definition) is 1. The highest BCUT2D eigenvalue weighted by Gasteiger charge is 2.28. The Labute approximate surface area is 138 Å². The number of carbonyl (C=O) groups excluding carboxylic acids is 1. The summed E-state index contributed by atoms with van der Waals surface area (Å²) in [7, 11) is 0. The Morgan fingerprint density at radius 2 is 1.74 bits per heavy atom. The molecule has 3 rings (SSSR count). The largest absolute Gasteiger partial charge is 0.337 e. The number of amides is 1. The molecule has 1 amide bonds. The molecule has 1 saturated carbocycles. The molecule has 0 radical (unpaired) electrons. The number of rotatable bonds is 5. The van der Waals surface area contributed by atoms with Crippen LogP contribution in [-0.4, -0.2) is 27.5 Å². The molecule has 2 aromatic rings. The van der Waals surface area contributed by atoms with E-state index in [9.17, 15) is 4.79 Å². The molecule has 3 nitrogen and oxygen atoms in total. The first-order chi connectivity index (χ1) is 11.1. The zero-order valence-electron chi connectivity index (χ0n) is 14.1. The van der Waals surface area contributed by atoms with Gasteiger partial charge in [0.1, 0.15) is 0 Å². The number of hydrogen-bond donors (Lipinski definition) is 0. The topological polar surface area (TPSA) is 25.2 Å². The molecule has 0 saturated heterocycles. The lowest BCUT2D eigenvalue weighted by Gasteiger charge is -2.33. The average Bonchev–Trinajstić information content (AvgIpc) is 3.21. The van der Waals surface area contributed by atoms with Crippen LogP contribution in [0.25, 0.3) is 5.69 Å². The van der Waals surface area contributed by atoms with Gasteiger partial charge in [0.15, 0.2) is 0 Å². The van der Waals surface area contributed by atoms with Crippen molar-refractivity contribution in [3.8, 4) is 5.69 Å². The molecule has 1 aromatic heterocycles. The van der Waals surface area contributed by atoms with E-state index in [1.54, 1.807) is 0 Å². The molecule has 0 aliphatic heterocycles. The van der Waals surface area contributed by atoms with Crippen molar-refractivity contribution >= 4 is 5.91 Å². The molecular formula is C20H26N2O. The van der Waals surface area contributed by atoms with Crippen molar-refractivity contribution in [2.24, 2.45) is 0 Å². The number of carbonyl (C=O) groups is 1. The summed E-state index contributed by atoms with van der Waals surface area (Å²) in [6.45, 7) is 4.26. The maximum Gasteiger partial charge on any atom is 0.227 e. The van der Waals surface area contributed by atoms with Gasteiger partial charge in [-0.1, -0.05) is 25.0 Å². The Balaban J connectivity index is 1.68. The van der Waals surface area contributed by atoms with E-state index >= 15 is 0 Å². The maximum absolute atomic E-state index is 12.8. The number of benzene rings is 1. The van der Waals surface area contributed by atoms with Crippen LogP contribution in [0.2, 0.25) is 0 Å². The molecule has 0 spiro atoms. The first kappa shape index (κ1) is 15.9. The Kier molecular flexibility index (Phi) is 4.85. The molecule has 0 bridgehead atoms. The molecule has 23 heavy (non-hydrogen) atoms. The first-order valence-electron chi connectivity index (χ1n) is 8.68. The van der Waals surface area contributed by atoms with Crippen LogP contribution in [0.15, 0.2) is 48.8 Å². The second-order valence-corrected chi connectivity index (χ2v) is 6.77. The lowest BCUT2D eigenvalue weighted by atomic mass is 10.1. The first-order valence-corrected chi connectivity index (χ1v) is 8.68. The highest BCUT2D eigenvalue weighted by molar-refractivity contribution is 5.79. The molecule has 1 aromatic carbocycles. The van der Waals surface area contributed by atoms with Crippen LogP contribution in [0, 0.1) is 0 Å². The Hall–Kier alpha value is -2.03. The van der Waals surface area contributed by atoms with Gasteiger partial charge in [-0.15, -0.1) is 0 Å². The normalized spacial score (nSPS) is 15.3. The van der Waals surface area contributed by atoms with Crippen LogP contribution >= 0.6 is 0 Å². The third-order valence-corrected chi connectivity index (χ3v) is 4.76. The van der Waals surface area contributed by atoms with E-state index in [0.29, 0.717) is 12.5 Å². The zero-order valence-corrected chi connectivity index (χ0v) is 14.1. The number of nitrogens with zero attached hydrogens (tertiary/aromatic N) is 2. The summed E-state index contributed by atoms with van der Waals surface area (Å²) in [5.41, 5.74) is 2.22. The van der Waals surface area contributed by atoms with Gasteiger partial charge in [0.2, 0.25) is 5.91 Å². The van der Waals surface area contributed by atoms with Gasteiger partial charge >= 0.3 is 0 Å². The third-order valence-electron chi connectivity index (χ3n) is 4.76. The molecule has 1 heterocycles. The predicted octanol–water partition coefficient (Wildman–Crippen LogP) is 4.20. The van der Waals surface area contributed by atoms with E-state index in [-0.39, 0.29) is 11.9 Å². The fraction of sp³-hybridized carbons (Fsp3) is 0.450. The molecule has 1 fully saturated rings. The van der Waals surface area contributed by atoms with E-state index in [2.05, 4.69) is 47.6 Å². The van der Waals surface area contributed by atoms with Crippen molar-refractivity contribution < 1.29 is 4.79 Å². The van der Waals surface area contributed by atoms with Gasteiger partial charge in [-0.05, 0) is 56.5 Å². The van der Waals surface area contributed by atoms with Gasteiger partial charge in [-0.25, -0.2) is 0 Å². The quantitative estimate of drug-likeness (QED) is 0.812. The minimum absolute atomic E-state index is 0.264. The average molecular weight is 310 g/mol. The van der Waals surface area contributed by atoms with Gasteiger partial charge in [0.05, 0.1) is 6.42 Å².